The van der Waals surface area contributed by atoms with E-state index in [0.717, 1.165) is 50.1 Å². The highest BCUT2D eigenvalue weighted by Crippen LogP contribution is 2.57. The van der Waals surface area contributed by atoms with Gasteiger partial charge in [-0.3, -0.25) is 0 Å². The molecule has 0 bridgehead atoms. The van der Waals surface area contributed by atoms with Gasteiger partial charge < -0.3 is 9.32 Å². The molecule has 0 amide bonds. The minimum atomic E-state index is -0.491. The molecule has 2 heteroatoms. The molecule has 0 atom stereocenters. The van der Waals surface area contributed by atoms with E-state index in [1.165, 1.54) is 44.2 Å². The Kier molecular flexibility index (Phi) is 7.11. The number of hydrogen-bond donors (Lipinski definition) is 0. The zero-order valence-electron chi connectivity index (χ0n) is 30.1. The number of fused-ring (bicyclic) bond motifs is 7. The van der Waals surface area contributed by atoms with Gasteiger partial charge in [0.05, 0.1) is 5.41 Å². The minimum absolute atomic E-state index is 0.491. The van der Waals surface area contributed by atoms with E-state index in [2.05, 4.69) is 205 Å². The summed E-state index contributed by atoms with van der Waals surface area (Å²) >= 11 is 0. The zero-order valence-corrected chi connectivity index (χ0v) is 30.1. The molecule has 0 unspecified atom stereocenters. The zero-order chi connectivity index (χ0) is 36.3. The molecule has 0 saturated carbocycles. The Morgan fingerprint density at radius 2 is 0.945 bits per heavy atom. The summed E-state index contributed by atoms with van der Waals surface area (Å²) in [6.45, 7) is 0. The maximum Gasteiger partial charge on any atom is 0.143 e. The van der Waals surface area contributed by atoms with Gasteiger partial charge in [-0.2, -0.15) is 0 Å². The van der Waals surface area contributed by atoms with Crippen molar-refractivity contribution in [1.82, 2.24) is 0 Å². The lowest BCUT2D eigenvalue weighted by molar-refractivity contribution is 0.670. The van der Waals surface area contributed by atoms with Crippen molar-refractivity contribution in [2.75, 3.05) is 4.90 Å². The number of nitrogens with zero attached hydrogens (tertiary/aromatic N) is 1. The Bertz CT molecular complexity index is 2990. The van der Waals surface area contributed by atoms with Crippen LogP contribution in [0.5, 0.6) is 0 Å². The van der Waals surface area contributed by atoms with Gasteiger partial charge in [-0.25, -0.2) is 0 Å². The van der Waals surface area contributed by atoms with Crippen molar-refractivity contribution in [3.63, 3.8) is 0 Å². The summed E-state index contributed by atoms with van der Waals surface area (Å²) in [5, 5.41) is 4.69. The van der Waals surface area contributed by atoms with Gasteiger partial charge in [-0.05, 0) is 92.2 Å². The molecule has 10 aromatic rings. The van der Waals surface area contributed by atoms with Gasteiger partial charge in [0.1, 0.15) is 11.2 Å². The molecule has 1 aromatic heterocycles. The van der Waals surface area contributed by atoms with Gasteiger partial charge in [-0.15, -0.1) is 0 Å². The van der Waals surface area contributed by atoms with Crippen LogP contribution in [0.3, 0.4) is 0 Å². The summed E-state index contributed by atoms with van der Waals surface area (Å²) in [4.78, 5) is 2.40. The third-order valence-electron chi connectivity index (χ3n) is 11.5. The van der Waals surface area contributed by atoms with Crippen molar-refractivity contribution in [1.29, 1.82) is 0 Å². The molecule has 9 aromatic carbocycles. The number of benzene rings is 9. The molecule has 0 radical (unpaired) electrons. The van der Waals surface area contributed by atoms with Crippen molar-refractivity contribution >= 4 is 49.8 Å². The van der Waals surface area contributed by atoms with Crippen LogP contribution in [0.1, 0.15) is 22.3 Å². The molecule has 1 aliphatic carbocycles. The fourth-order valence-electron chi connectivity index (χ4n) is 9.10. The van der Waals surface area contributed by atoms with Crippen LogP contribution < -0.4 is 4.90 Å². The van der Waals surface area contributed by atoms with E-state index >= 15 is 0 Å². The molecular weight excluding hydrogens is 667 g/mol. The van der Waals surface area contributed by atoms with Crippen molar-refractivity contribution in [3.05, 3.63) is 235 Å². The third kappa shape index (κ3) is 4.82. The number of para-hydroxylation sites is 2. The Balaban J connectivity index is 1.12. The first-order valence-corrected chi connectivity index (χ1v) is 18.9. The van der Waals surface area contributed by atoms with Crippen LogP contribution in [-0.2, 0) is 5.41 Å². The van der Waals surface area contributed by atoms with Crippen molar-refractivity contribution in [3.8, 4) is 22.3 Å². The van der Waals surface area contributed by atoms with E-state index in [4.69, 9.17) is 4.42 Å². The highest BCUT2D eigenvalue weighted by molar-refractivity contribution is 6.09. The normalized spacial score (nSPS) is 12.9. The SMILES string of the molecule is c1ccc(C2(c3ccccc3)c3ccccc3-c3ccc(N(c4ccc(-c5cccc6c5oc5ccccc56)cc4)c4ccc5ccccc5c4)cc32)cc1. The molecule has 0 N–H and O–H groups in total. The molecule has 2 nitrogen and oxygen atoms in total. The molecule has 55 heavy (non-hydrogen) atoms. The second-order valence-electron chi connectivity index (χ2n) is 14.5. The molecule has 11 rings (SSSR count). The predicted molar refractivity (Wildman–Crippen MR) is 229 cm³/mol. The molecule has 0 saturated heterocycles. The first-order chi connectivity index (χ1) is 27.3. The van der Waals surface area contributed by atoms with E-state index in [1.807, 2.05) is 12.1 Å². The number of furan rings is 1. The Morgan fingerprint density at radius 1 is 0.364 bits per heavy atom. The second-order valence-corrected chi connectivity index (χ2v) is 14.5. The number of hydrogen-bond acceptors (Lipinski definition) is 2. The lowest BCUT2D eigenvalue weighted by atomic mass is 9.67. The summed E-state index contributed by atoms with van der Waals surface area (Å²) in [5.74, 6) is 0. The quantitative estimate of drug-likeness (QED) is 0.172. The fraction of sp³-hybridized carbons (Fsp3) is 0.0189. The third-order valence-corrected chi connectivity index (χ3v) is 11.5. The summed E-state index contributed by atoms with van der Waals surface area (Å²) in [6.07, 6.45) is 0. The molecule has 0 fully saturated rings. The monoisotopic (exact) mass is 701 g/mol. The van der Waals surface area contributed by atoms with Crippen LogP contribution in [0.25, 0.3) is 55.0 Å². The standard InChI is InChI=1S/C53H35NO/c1-3-16-39(17-4-1)53(40-18-5-2-6-19-40)49-24-11-9-20-45(49)46-33-32-43(35-50(46)53)54(42-31-26-36-14-7-8-15-38(36)34-42)41-29-27-37(28-30-41)44-22-13-23-48-47-21-10-12-25-51(47)55-52(44)48/h1-35H. The van der Waals surface area contributed by atoms with Crippen LogP contribution in [0.4, 0.5) is 17.1 Å². The van der Waals surface area contributed by atoms with Crippen molar-refractivity contribution < 1.29 is 4.42 Å². The van der Waals surface area contributed by atoms with Crippen LogP contribution in [0, 0.1) is 0 Å². The van der Waals surface area contributed by atoms with Crippen molar-refractivity contribution in [2.45, 2.75) is 5.41 Å². The van der Waals surface area contributed by atoms with Crippen LogP contribution >= 0.6 is 0 Å². The smallest absolute Gasteiger partial charge is 0.143 e. The summed E-state index contributed by atoms with van der Waals surface area (Å²) in [7, 11) is 0. The molecular formula is C53H35NO. The van der Waals surface area contributed by atoms with Crippen LogP contribution in [-0.4, -0.2) is 0 Å². The second kappa shape index (κ2) is 12.5. The van der Waals surface area contributed by atoms with Crippen LogP contribution in [0.15, 0.2) is 217 Å². The summed E-state index contributed by atoms with van der Waals surface area (Å²) < 4.78 is 6.45. The highest BCUT2D eigenvalue weighted by Gasteiger charge is 2.46. The number of anilines is 3. The molecule has 258 valence electrons. The van der Waals surface area contributed by atoms with Gasteiger partial charge in [0.25, 0.3) is 0 Å². The van der Waals surface area contributed by atoms with Gasteiger partial charge in [-0.1, -0.05) is 170 Å². The Morgan fingerprint density at radius 3 is 1.75 bits per heavy atom. The van der Waals surface area contributed by atoms with E-state index in [0.29, 0.717) is 0 Å². The van der Waals surface area contributed by atoms with Crippen molar-refractivity contribution in [2.24, 2.45) is 0 Å². The summed E-state index contributed by atoms with van der Waals surface area (Å²) in [5.41, 5.74) is 14.5. The Hall–Kier alpha value is -7.16. The lowest BCUT2D eigenvalue weighted by Gasteiger charge is -2.35. The predicted octanol–water partition coefficient (Wildman–Crippen LogP) is 14.2. The number of rotatable bonds is 6. The first kappa shape index (κ1) is 31.4. The molecule has 0 aliphatic heterocycles. The average Bonchev–Trinajstić information content (AvgIpc) is 3.79. The molecule has 1 heterocycles. The highest BCUT2D eigenvalue weighted by atomic mass is 16.3. The van der Waals surface area contributed by atoms with Gasteiger partial charge in [0, 0.05) is 33.4 Å². The van der Waals surface area contributed by atoms with E-state index in [1.54, 1.807) is 0 Å². The van der Waals surface area contributed by atoms with Gasteiger partial charge in [0.2, 0.25) is 0 Å². The van der Waals surface area contributed by atoms with Gasteiger partial charge >= 0.3 is 0 Å². The molecule has 1 aliphatic rings. The topological polar surface area (TPSA) is 16.4 Å². The Labute approximate surface area is 320 Å². The maximum absolute atomic E-state index is 6.45. The van der Waals surface area contributed by atoms with Crippen LogP contribution in [0.2, 0.25) is 0 Å². The maximum atomic E-state index is 6.45. The van der Waals surface area contributed by atoms with E-state index < -0.39 is 5.41 Å². The van der Waals surface area contributed by atoms with Gasteiger partial charge in [0.15, 0.2) is 0 Å². The summed E-state index contributed by atoms with van der Waals surface area (Å²) in [6, 6.07) is 77.1. The first-order valence-electron chi connectivity index (χ1n) is 18.9. The van der Waals surface area contributed by atoms with E-state index in [-0.39, 0.29) is 0 Å². The fourth-order valence-corrected chi connectivity index (χ4v) is 9.10. The van der Waals surface area contributed by atoms with E-state index in [9.17, 15) is 0 Å². The largest absolute Gasteiger partial charge is 0.455 e. The average molecular weight is 702 g/mol. The minimum Gasteiger partial charge on any atom is -0.455 e. The lowest BCUT2D eigenvalue weighted by Crippen LogP contribution is -2.28. The molecule has 0 spiro atoms.